The largest absolute Gasteiger partial charge is 0.335 e. The van der Waals surface area contributed by atoms with E-state index in [4.69, 9.17) is 5.73 Å². The van der Waals surface area contributed by atoms with Crippen LogP contribution in [-0.4, -0.2) is 16.1 Å². The summed E-state index contributed by atoms with van der Waals surface area (Å²) in [6.45, 7) is 1.40. The van der Waals surface area contributed by atoms with Gasteiger partial charge in [0, 0.05) is 25.4 Å². The maximum absolute atomic E-state index is 13.1. The Morgan fingerprint density at radius 2 is 2.06 bits per heavy atom. The van der Waals surface area contributed by atoms with Gasteiger partial charge >= 0.3 is 0 Å². The van der Waals surface area contributed by atoms with Gasteiger partial charge in [-0.15, -0.1) is 0 Å². The Hall–Kier alpha value is -1.75. The van der Waals surface area contributed by atoms with Crippen LogP contribution in [0.3, 0.4) is 0 Å². The van der Waals surface area contributed by atoms with Gasteiger partial charge in [0.1, 0.15) is 5.82 Å². The number of nitrogens with zero attached hydrogens (tertiary/aromatic N) is 2. The Kier molecular flexibility index (Phi) is 4.04. The highest BCUT2D eigenvalue weighted by atomic mass is 19.2. The third-order valence-electron chi connectivity index (χ3n) is 2.75. The molecule has 0 saturated heterocycles. The van der Waals surface area contributed by atoms with E-state index in [0.29, 0.717) is 18.5 Å². The van der Waals surface area contributed by atoms with Crippen LogP contribution in [0.4, 0.5) is 8.78 Å². The minimum Gasteiger partial charge on any atom is -0.335 e. The van der Waals surface area contributed by atoms with Crippen LogP contribution < -0.4 is 5.73 Å². The molecule has 2 N–H and O–H groups in total. The Morgan fingerprint density at radius 3 is 2.78 bits per heavy atom. The Bertz CT molecular complexity index is 523. The minimum absolute atomic E-state index is 0.481. The number of aromatic nitrogens is 2. The quantitative estimate of drug-likeness (QED) is 0.884. The first-order valence-corrected chi connectivity index (χ1v) is 5.84. The van der Waals surface area contributed by atoms with Gasteiger partial charge in [-0.2, -0.15) is 0 Å². The number of aryl methyl sites for hydroxylation is 1. The maximum atomic E-state index is 13.1. The Labute approximate surface area is 104 Å². The first kappa shape index (κ1) is 12.7. The summed E-state index contributed by atoms with van der Waals surface area (Å²) >= 11 is 0. The zero-order valence-corrected chi connectivity index (χ0v) is 9.94. The molecule has 0 spiro atoms. The zero-order chi connectivity index (χ0) is 13.0. The van der Waals surface area contributed by atoms with Crippen molar-refractivity contribution >= 4 is 0 Å². The topological polar surface area (TPSA) is 43.8 Å². The van der Waals surface area contributed by atoms with Crippen molar-refractivity contribution < 1.29 is 8.78 Å². The lowest BCUT2D eigenvalue weighted by Gasteiger charge is -2.07. The molecule has 1 heterocycles. The molecule has 0 aliphatic carbocycles. The van der Waals surface area contributed by atoms with E-state index in [1.807, 2.05) is 10.8 Å². The SMILES string of the molecule is NCCCn1ccnc1Cc1ccc(F)c(F)c1. The predicted molar refractivity (Wildman–Crippen MR) is 65.1 cm³/mol. The number of halogens is 2. The van der Waals surface area contributed by atoms with Crippen LogP contribution in [-0.2, 0) is 13.0 Å². The summed E-state index contributed by atoms with van der Waals surface area (Å²) in [6.07, 6.45) is 4.91. The minimum atomic E-state index is -0.828. The molecule has 0 radical (unpaired) electrons. The fourth-order valence-electron chi connectivity index (χ4n) is 1.80. The fourth-order valence-corrected chi connectivity index (χ4v) is 1.80. The molecule has 0 amide bonds. The normalized spacial score (nSPS) is 10.8. The van der Waals surface area contributed by atoms with Crippen molar-refractivity contribution in [1.82, 2.24) is 9.55 Å². The summed E-state index contributed by atoms with van der Waals surface area (Å²) in [5.41, 5.74) is 6.16. The van der Waals surface area contributed by atoms with Gasteiger partial charge < -0.3 is 10.3 Å². The van der Waals surface area contributed by atoms with Crippen LogP contribution in [0.15, 0.2) is 30.6 Å². The summed E-state index contributed by atoms with van der Waals surface area (Å²) in [6, 6.07) is 3.91. The maximum Gasteiger partial charge on any atom is 0.159 e. The predicted octanol–water partition coefficient (Wildman–Crippen LogP) is 2.10. The third kappa shape index (κ3) is 2.92. The van der Waals surface area contributed by atoms with Gasteiger partial charge in [0.15, 0.2) is 11.6 Å². The van der Waals surface area contributed by atoms with Crippen molar-refractivity contribution in [2.75, 3.05) is 6.54 Å². The van der Waals surface area contributed by atoms with E-state index in [1.165, 1.54) is 6.07 Å². The van der Waals surface area contributed by atoms with Gasteiger partial charge in [0.05, 0.1) is 0 Å². The number of nitrogens with two attached hydrogens (primary N) is 1. The zero-order valence-electron chi connectivity index (χ0n) is 9.94. The van der Waals surface area contributed by atoms with Crippen molar-refractivity contribution in [2.45, 2.75) is 19.4 Å². The number of hydrogen-bond acceptors (Lipinski definition) is 2. The first-order chi connectivity index (χ1) is 8.70. The highest BCUT2D eigenvalue weighted by molar-refractivity contribution is 5.21. The standard InChI is InChI=1S/C13H15F2N3/c14-11-3-2-10(8-12(11)15)9-13-17-5-7-18(13)6-1-4-16/h2-3,5,7-8H,1,4,6,9,16H2. The number of rotatable bonds is 5. The lowest BCUT2D eigenvalue weighted by atomic mass is 10.1. The van der Waals surface area contributed by atoms with Gasteiger partial charge in [-0.25, -0.2) is 13.8 Å². The van der Waals surface area contributed by atoms with Gasteiger partial charge in [0.25, 0.3) is 0 Å². The molecule has 18 heavy (non-hydrogen) atoms. The van der Waals surface area contributed by atoms with Gasteiger partial charge in [-0.05, 0) is 30.7 Å². The number of benzene rings is 1. The monoisotopic (exact) mass is 251 g/mol. The molecule has 0 unspecified atom stereocenters. The number of imidazole rings is 1. The first-order valence-electron chi connectivity index (χ1n) is 5.84. The molecule has 2 rings (SSSR count). The molecule has 1 aromatic carbocycles. The molecule has 0 fully saturated rings. The van der Waals surface area contributed by atoms with E-state index in [9.17, 15) is 8.78 Å². The van der Waals surface area contributed by atoms with Crippen molar-refractivity contribution in [2.24, 2.45) is 5.73 Å². The van der Waals surface area contributed by atoms with Crippen LogP contribution in [0.5, 0.6) is 0 Å². The summed E-state index contributed by atoms with van der Waals surface area (Å²) in [4.78, 5) is 4.22. The molecular weight excluding hydrogens is 236 g/mol. The molecule has 96 valence electrons. The van der Waals surface area contributed by atoms with Crippen molar-refractivity contribution in [3.05, 3.63) is 53.6 Å². The van der Waals surface area contributed by atoms with Gasteiger partial charge in [-0.1, -0.05) is 6.07 Å². The molecule has 0 aliphatic heterocycles. The van der Waals surface area contributed by atoms with Gasteiger partial charge in [-0.3, -0.25) is 0 Å². The molecular formula is C13H15F2N3. The summed E-state index contributed by atoms with van der Waals surface area (Å²) in [5, 5.41) is 0. The summed E-state index contributed by atoms with van der Waals surface area (Å²) in [5.74, 6) is -0.827. The van der Waals surface area contributed by atoms with Crippen molar-refractivity contribution in [3.63, 3.8) is 0 Å². The average Bonchev–Trinajstić information content (AvgIpc) is 2.79. The second kappa shape index (κ2) is 5.73. The lowest BCUT2D eigenvalue weighted by Crippen LogP contribution is -2.08. The molecule has 1 aromatic heterocycles. The van der Waals surface area contributed by atoms with E-state index in [0.717, 1.165) is 24.9 Å². The molecule has 0 atom stereocenters. The molecule has 2 aromatic rings. The molecule has 0 saturated carbocycles. The molecule has 0 aliphatic rings. The summed E-state index contributed by atoms with van der Waals surface area (Å²) in [7, 11) is 0. The van der Waals surface area contributed by atoms with Crippen molar-refractivity contribution in [1.29, 1.82) is 0 Å². The molecule has 5 heteroatoms. The molecule has 0 bridgehead atoms. The van der Waals surface area contributed by atoms with Gasteiger partial charge in [0.2, 0.25) is 0 Å². The van der Waals surface area contributed by atoms with E-state index < -0.39 is 11.6 Å². The van der Waals surface area contributed by atoms with E-state index in [1.54, 1.807) is 12.3 Å². The number of hydrogen-bond donors (Lipinski definition) is 1. The Morgan fingerprint density at radius 1 is 1.22 bits per heavy atom. The van der Waals surface area contributed by atoms with Crippen molar-refractivity contribution in [3.8, 4) is 0 Å². The lowest BCUT2D eigenvalue weighted by molar-refractivity contribution is 0.507. The van der Waals surface area contributed by atoms with E-state index in [-0.39, 0.29) is 0 Å². The van der Waals surface area contributed by atoms with Crippen LogP contribution in [0.25, 0.3) is 0 Å². The van der Waals surface area contributed by atoms with Crippen LogP contribution >= 0.6 is 0 Å². The van der Waals surface area contributed by atoms with Crippen LogP contribution in [0, 0.1) is 11.6 Å². The highest BCUT2D eigenvalue weighted by Gasteiger charge is 2.07. The summed E-state index contributed by atoms with van der Waals surface area (Å²) < 4.78 is 27.9. The van der Waals surface area contributed by atoms with E-state index >= 15 is 0 Å². The molecule has 3 nitrogen and oxygen atoms in total. The second-order valence-corrected chi connectivity index (χ2v) is 4.10. The van der Waals surface area contributed by atoms with Crippen LogP contribution in [0.1, 0.15) is 17.8 Å². The fraction of sp³-hybridized carbons (Fsp3) is 0.308. The smallest absolute Gasteiger partial charge is 0.159 e. The highest BCUT2D eigenvalue weighted by Crippen LogP contribution is 2.12. The Balaban J connectivity index is 2.13. The second-order valence-electron chi connectivity index (χ2n) is 4.10. The van der Waals surface area contributed by atoms with Crippen LogP contribution in [0.2, 0.25) is 0 Å². The third-order valence-corrected chi connectivity index (χ3v) is 2.75. The average molecular weight is 251 g/mol. The van der Waals surface area contributed by atoms with E-state index in [2.05, 4.69) is 4.98 Å².